The molecule has 1 aromatic carbocycles. The Labute approximate surface area is 81.3 Å². The van der Waals surface area contributed by atoms with Crippen molar-refractivity contribution in [3.05, 3.63) is 28.8 Å². The lowest BCUT2D eigenvalue weighted by atomic mass is 10.2. The molecule has 0 aliphatic rings. The van der Waals surface area contributed by atoms with Crippen LogP contribution in [0.15, 0.2) is 18.2 Å². The van der Waals surface area contributed by atoms with E-state index in [0.29, 0.717) is 15.8 Å². The van der Waals surface area contributed by atoms with Gasteiger partial charge in [0.1, 0.15) is 10.7 Å². The minimum Gasteiger partial charge on any atom is -0.495 e. The second-order valence-electron chi connectivity index (χ2n) is 2.21. The minimum atomic E-state index is 0.338. The molecule has 0 aliphatic heterocycles. The summed E-state index contributed by atoms with van der Waals surface area (Å²) in [4.78, 5) is 0.338. The topological polar surface area (TPSA) is 35.2 Å². The summed E-state index contributed by atoms with van der Waals surface area (Å²) in [5, 5.41) is 0.553. The van der Waals surface area contributed by atoms with E-state index in [1.807, 2.05) is 0 Å². The maximum absolute atomic E-state index is 5.79. The van der Waals surface area contributed by atoms with Gasteiger partial charge in [-0.05, 0) is 12.1 Å². The van der Waals surface area contributed by atoms with Crippen molar-refractivity contribution in [3.8, 4) is 5.75 Å². The lowest BCUT2D eigenvalue weighted by Crippen LogP contribution is -2.09. The Kier molecular flexibility index (Phi) is 2.89. The van der Waals surface area contributed by atoms with Crippen LogP contribution in [0.25, 0.3) is 0 Å². The molecule has 0 fully saturated rings. The molecule has 0 spiro atoms. The number of nitrogens with two attached hydrogens (primary N) is 1. The molecule has 1 aromatic rings. The minimum absolute atomic E-state index is 0.338. The molecule has 0 atom stereocenters. The number of methoxy groups -OCH3 is 1. The zero-order chi connectivity index (χ0) is 9.14. The van der Waals surface area contributed by atoms with Gasteiger partial charge in [0.05, 0.1) is 12.1 Å². The third-order valence-corrected chi connectivity index (χ3v) is 1.98. The number of ether oxygens (including phenoxy) is 1. The van der Waals surface area contributed by atoms with Crippen LogP contribution in [0.2, 0.25) is 5.02 Å². The molecule has 2 N–H and O–H groups in total. The van der Waals surface area contributed by atoms with E-state index >= 15 is 0 Å². The summed E-state index contributed by atoms with van der Waals surface area (Å²) in [6.45, 7) is 0. The van der Waals surface area contributed by atoms with E-state index in [-0.39, 0.29) is 0 Å². The lowest BCUT2D eigenvalue weighted by Gasteiger charge is -2.04. The van der Waals surface area contributed by atoms with Crippen LogP contribution in [0.5, 0.6) is 5.75 Å². The smallest absolute Gasteiger partial charge is 0.138 e. The fraction of sp³-hybridized carbons (Fsp3) is 0.125. The molecule has 0 aliphatic carbocycles. The Morgan fingerprint density at radius 2 is 2.25 bits per heavy atom. The number of hydrogen-bond donors (Lipinski definition) is 1. The molecule has 0 saturated carbocycles. The molecule has 0 unspecified atom stereocenters. The van der Waals surface area contributed by atoms with E-state index in [1.165, 1.54) is 0 Å². The van der Waals surface area contributed by atoms with Crippen LogP contribution >= 0.6 is 23.8 Å². The molecular formula is C8H8ClNOS. The van der Waals surface area contributed by atoms with Gasteiger partial charge in [0, 0.05) is 5.56 Å². The van der Waals surface area contributed by atoms with Crippen molar-refractivity contribution in [1.29, 1.82) is 0 Å². The predicted octanol–water partition coefficient (Wildman–Crippen LogP) is 1.98. The Balaban J connectivity index is 3.13. The summed E-state index contributed by atoms with van der Waals surface area (Å²) in [5.74, 6) is 0.585. The molecule has 1 rings (SSSR count). The largest absolute Gasteiger partial charge is 0.495 e. The van der Waals surface area contributed by atoms with Gasteiger partial charge in [0.2, 0.25) is 0 Å². The van der Waals surface area contributed by atoms with Crippen LogP contribution in [0.3, 0.4) is 0 Å². The SMILES string of the molecule is COc1cc(C(N)=S)ccc1Cl. The standard InChI is InChI=1S/C8H8ClNOS/c1-11-7-4-5(8(10)12)2-3-6(7)9/h2-4H,1H3,(H2,10,12). The maximum atomic E-state index is 5.79. The van der Waals surface area contributed by atoms with Gasteiger partial charge in [0.25, 0.3) is 0 Å². The average Bonchev–Trinajstić information content (AvgIpc) is 2.05. The second kappa shape index (κ2) is 3.74. The van der Waals surface area contributed by atoms with Crippen LogP contribution in [0, 0.1) is 0 Å². The van der Waals surface area contributed by atoms with E-state index in [4.69, 9.17) is 34.3 Å². The first kappa shape index (κ1) is 9.29. The van der Waals surface area contributed by atoms with Crippen molar-refractivity contribution < 1.29 is 4.74 Å². The van der Waals surface area contributed by atoms with Gasteiger partial charge in [0.15, 0.2) is 0 Å². The molecular weight excluding hydrogens is 194 g/mol. The fourth-order valence-electron chi connectivity index (χ4n) is 0.813. The number of rotatable bonds is 2. The number of halogens is 1. The second-order valence-corrected chi connectivity index (χ2v) is 3.06. The Hall–Kier alpha value is -0.800. The quantitative estimate of drug-likeness (QED) is 0.744. The van der Waals surface area contributed by atoms with Gasteiger partial charge in [-0.15, -0.1) is 0 Å². The van der Waals surface area contributed by atoms with Crippen molar-refractivity contribution >= 4 is 28.8 Å². The first-order valence-electron chi connectivity index (χ1n) is 3.28. The van der Waals surface area contributed by atoms with Gasteiger partial charge in [-0.3, -0.25) is 0 Å². The van der Waals surface area contributed by atoms with E-state index < -0.39 is 0 Å². The van der Waals surface area contributed by atoms with Crippen molar-refractivity contribution in [3.63, 3.8) is 0 Å². The fourth-order valence-corrected chi connectivity index (χ4v) is 1.13. The van der Waals surface area contributed by atoms with Gasteiger partial charge in [-0.1, -0.05) is 29.9 Å². The molecule has 0 amide bonds. The average molecular weight is 202 g/mol. The number of benzene rings is 1. The summed E-state index contributed by atoms with van der Waals surface area (Å²) < 4.78 is 4.99. The molecule has 0 saturated heterocycles. The van der Waals surface area contributed by atoms with Crippen molar-refractivity contribution in [2.24, 2.45) is 5.73 Å². The zero-order valence-corrected chi connectivity index (χ0v) is 8.08. The zero-order valence-electron chi connectivity index (χ0n) is 6.50. The summed E-state index contributed by atoms with van der Waals surface area (Å²) in [6, 6.07) is 5.17. The van der Waals surface area contributed by atoms with Crippen LogP contribution in [0.4, 0.5) is 0 Å². The molecule has 2 nitrogen and oxygen atoms in total. The van der Waals surface area contributed by atoms with E-state index in [0.717, 1.165) is 5.56 Å². The Morgan fingerprint density at radius 1 is 1.58 bits per heavy atom. The third kappa shape index (κ3) is 1.87. The molecule has 12 heavy (non-hydrogen) atoms. The third-order valence-electron chi connectivity index (χ3n) is 1.44. The van der Waals surface area contributed by atoms with E-state index in [1.54, 1.807) is 25.3 Å². The van der Waals surface area contributed by atoms with E-state index in [2.05, 4.69) is 0 Å². The molecule has 0 bridgehead atoms. The summed E-state index contributed by atoms with van der Waals surface area (Å²) in [6.07, 6.45) is 0. The summed E-state index contributed by atoms with van der Waals surface area (Å²) >= 11 is 10.6. The number of thiocarbonyl (C=S) groups is 1. The summed E-state index contributed by atoms with van der Waals surface area (Å²) in [5.41, 5.74) is 6.18. The highest BCUT2D eigenvalue weighted by atomic mass is 35.5. The Morgan fingerprint density at radius 3 is 2.75 bits per heavy atom. The van der Waals surface area contributed by atoms with Crippen LogP contribution in [-0.2, 0) is 0 Å². The van der Waals surface area contributed by atoms with Gasteiger partial charge in [-0.25, -0.2) is 0 Å². The lowest BCUT2D eigenvalue weighted by molar-refractivity contribution is 0.415. The highest BCUT2D eigenvalue weighted by Gasteiger charge is 2.02. The van der Waals surface area contributed by atoms with Crippen LogP contribution in [-0.4, -0.2) is 12.1 Å². The van der Waals surface area contributed by atoms with Crippen LogP contribution in [0.1, 0.15) is 5.56 Å². The van der Waals surface area contributed by atoms with Crippen molar-refractivity contribution in [2.45, 2.75) is 0 Å². The van der Waals surface area contributed by atoms with Crippen LogP contribution < -0.4 is 10.5 Å². The van der Waals surface area contributed by atoms with Gasteiger partial charge in [-0.2, -0.15) is 0 Å². The van der Waals surface area contributed by atoms with E-state index in [9.17, 15) is 0 Å². The first-order valence-corrected chi connectivity index (χ1v) is 4.07. The molecule has 64 valence electrons. The summed E-state index contributed by atoms with van der Waals surface area (Å²) in [7, 11) is 1.55. The van der Waals surface area contributed by atoms with Crippen molar-refractivity contribution in [2.75, 3.05) is 7.11 Å². The molecule has 0 heterocycles. The molecule has 4 heteroatoms. The predicted molar refractivity (Wildman–Crippen MR) is 53.9 cm³/mol. The highest BCUT2D eigenvalue weighted by molar-refractivity contribution is 7.80. The van der Waals surface area contributed by atoms with Gasteiger partial charge >= 0.3 is 0 Å². The number of hydrogen-bond acceptors (Lipinski definition) is 2. The first-order chi connectivity index (χ1) is 5.65. The Bertz CT molecular complexity index is 314. The van der Waals surface area contributed by atoms with Gasteiger partial charge < -0.3 is 10.5 Å². The maximum Gasteiger partial charge on any atom is 0.138 e. The molecule has 0 aromatic heterocycles. The molecule has 0 radical (unpaired) electrons. The highest BCUT2D eigenvalue weighted by Crippen LogP contribution is 2.24. The normalized spacial score (nSPS) is 9.50. The monoisotopic (exact) mass is 201 g/mol. The van der Waals surface area contributed by atoms with Crippen molar-refractivity contribution in [1.82, 2.24) is 0 Å².